The van der Waals surface area contributed by atoms with Gasteiger partial charge in [0.1, 0.15) is 0 Å². The Morgan fingerprint density at radius 2 is 1.95 bits per heavy atom. The van der Waals surface area contributed by atoms with Crippen LogP contribution in [0.2, 0.25) is 0 Å². The van der Waals surface area contributed by atoms with Crippen molar-refractivity contribution in [2.75, 3.05) is 5.32 Å². The smallest absolute Gasteiger partial charge is 0.340 e. The van der Waals surface area contributed by atoms with E-state index in [1.165, 1.54) is 12.1 Å². The summed E-state index contributed by atoms with van der Waals surface area (Å²) in [5.41, 5.74) is 2.03. The van der Waals surface area contributed by atoms with Crippen LogP contribution in [-0.2, 0) is 4.74 Å². The number of carbonyl (C=O) groups excluding carboxylic acids is 1. The lowest BCUT2D eigenvalue weighted by Gasteiger charge is -2.14. The zero-order chi connectivity index (χ0) is 14.1. The molecule has 1 atom stereocenters. The summed E-state index contributed by atoms with van der Waals surface area (Å²) in [6.07, 6.45) is -0.595. The van der Waals surface area contributed by atoms with E-state index in [0.29, 0.717) is 11.3 Å². The highest BCUT2D eigenvalue weighted by Gasteiger charge is 2.30. The molecule has 0 amide bonds. The number of rotatable bonds is 3. The first-order chi connectivity index (χ1) is 9.65. The standard InChI is InChI=1S/C15H11NO4/c17-14(18)9-4-3-5-10(8-9)16-13-11-6-1-2-7-12(11)15(19)20-13/h1-8,13,16H,(H,17,18). The summed E-state index contributed by atoms with van der Waals surface area (Å²) >= 11 is 0. The molecule has 0 fully saturated rings. The highest BCUT2D eigenvalue weighted by molar-refractivity contribution is 5.94. The van der Waals surface area contributed by atoms with Gasteiger partial charge in [-0.1, -0.05) is 24.3 Å². The van der Waals surface area contributed by atoms with Crippen LogP contribution in [0.1, 0.15) is 32.5 Å². The van der Waals surface area contributed by atoms with Crippen molar-refractivity contribution in [1.82, 2.24) is 0 Å². The third-order valence-corrected chi connectivity index (χ3v) is 3.10. The van der Waals surface area contributed by atoms with Crippen molar-refractivity contribution in [3.63, 3.8) is 0 Å². The fourth-order valence-electron chi connectivity index (χ4n) is 2.15. The van der Waals surface area contributed by atoms with E-state index in [1.807, 2.05) is 6.07 Å². The summed E-state index contributed by atoms with van der Waals surface area (Å²) in [5.74, 6) is -1.38. The minimum atomic E-state index is -1.00. The monoisotopic (exact) mass is 269 g/mol. The van der Waals surface area contributed by atoms with Crippen LogP contribution in [0.3, 0.4) is 0 Å². The van der Waals surface area contributed by atoms with E-state index < -0.39 is 12.2 Å². The number of carboxylic acids is 1. The Morgan fingerprint density at radius 3 is 2.75 bits per heavy atom. The molecule has 5 heteroatoms. The number of fused-ring (bicyclic) bond motifs is 1. The summed E-state index contributed by atoms with van der Waals surface area (Å²) in [5, 5.41) is 12.0. The predicted octanol–water partition coefficient (Wildman–Crippen LogP) is 2.67. The predicted molar refractivity (Wildman–Crippen MR) is 71.6 cm³/mol. The Kier molecular flexibility index (Phi) is 2.87. The molecule has 1 unspecified atom stereocenters. The zero-order valence-corrected chi connectivity index (χ0v) is 10.4. The maximum atomic E-state index is 11.7. The van der Waals surface area contributed by atoms with Gasteiger partial charge in [-0.2, -0.15) is 0 Å². The van der Waals surface area contributed by atoms with Gasteiger partial charge in [-0.05, 0) is 24.3 Å². The normalized spacial score (nSPS) is 16.4. The van der Waals surface area contributed by atoms with Crippen molar-refractivity contribution in [2.45, 2.75) is 6.23 Å². The number of carbonyl (C=O) groups is 2. The van der Waals surface area contributed by atoms with Gasteiger partial charge < -0.3 is 15.2 Å². The molecular formula is C15H11NO4. The van der Waals surface area contributed by atoms with Crippen LogP contribution in [0.4, 0.5) is 5.69 Å². The van der Waals surface area contributed by atoms with Gasteiger partial charge in [0.25, 0.3) is 0 Å². The molecule has 0 radical (unpaired) electrons. The number of benzene rings is 2. The van der Waals surface area contributed by atoms with Crippen LogP contribution in [0, 0.1) is 0 Å². The van der Waals surface area contributed by atoms with Gasteiger partial charge >= 0.3 is 11.9 Å². The fraction of sp³-hybridized carbons (Fsp3) is 0.0667. The maximum absolute atomic E-state index is 11.7. The molecule has 0 aliphatic carbocycles. The van der Waals surface area contributed by atoms with Crippen molar-refractivity contribution < 1.29 is 19.4 Å². The molecular weight excluding hydrogens is 258 g/mol. The Morgan fingerprint density at radius 1 is 1.15 bits per heavy atom. The molecule has 5 nitrogen and oxygen atoms in total. The first kappa shape index (κ1) is 12.2. The van der Waals surface area contributed by atoms with Crippen LogP contribution >= 0.6 is 0 Å². The van der Waals surface area contributed by atoms with Crippen molar-refractivity contribution in [3.05, 3.63) is 65.2 Å². The van der Waals surface area contributed by atoms with E-state index in [0.717, 1.165) is 5.56 Å². The summed E-state index contributed by atoms with van der Waals surface area (Å²) < 4.78 is 5.24. The second kappa shape index (κ2) is 4.70. The van der Waals surface area contributed by atoms with Crippen LogP contribution in [0.5, 0.6) is 0 Å². The number of carboxylic acid groups (broad SMARTS) is 1. The van der Waals surface area contributed by atoms with Crippen LogP contribution in [-0.4, -0.2) is 17.0 Å². The van der Waals surface area contributed by atoms with E-state index in [9.17, 15) is 9.59 Å². The molecule has 1 heterocycles. The number of ether oxygens (including phenoxy) is 1. The van der Waals surface area contributed by atoms with Gasteiger partial charge in [0.2, 0.25) is 6.23 Å². The quantitative estimate of drug-likeness (QED) is 0.838. The van der Waals surface area contributed by atoms with Crippen LogP contribution in [0.25, 0.3) is 0 Å². The number of anilines is 1. The molecule has 2 aromatic rings. The second-order valence-electron chi connectivity index (χ2n) is 4.40. The number of cyclic esters (lactones) is 1. The molecule has 3 rings (SSSR count). The van der Waals surface area contributed by atoms with Crippen molar-refractivity contribution in [2.24, 2.45) is 0 Å². The highest BCUT2D eigenvalue weighted by atomic mass is 16.6. The molecule has 100 valence electrons. The van der Waals surface area contributed by atoms with Gasteiger partial charge in [0.15, 0.2) is 0 Å². The van der Waals surface area contributed by atoms with E-state index in [1.54, 1.807) is 30.3 Å². The van der Waals surface area contributed by atoms with Gasteiger partial charge in [-0.25, -0.2) is 9.59 Å². The number of nitrogens with one attached hydrogen (secondary N) is 1. The fourth-order valence-corrected chi connectivity index (χ4v) is 2.15. The van der Waals surface area contributed by atoms with Gasteiger partial charge in [-0.3, -0.25) is 0 Å². The van der Waals surface area contributed by atoms with E-state index in [4.69, 9.17) is 9.84 Å². The Hall–Kier alpha value is -2.82. The number of aromatic carboxylic acids is 1. The number of hydrogen-bond acceptors (Lipinski definition) is 4. The molecule has 0 saturated heterocycles. The summed E-state index contributed by atoms with van der Waals surface area (Å²) in [7, 11) is 0. The third-order valence-electron chi connectivity index (χ3n) is 3.10. The molecule has 2 N–H and O–H groups in total. The molecule has 20 heavy (non-hydrogen) atoms. The Bertz CT molecular complexity index is 696. The van der Waals surface area contributed by atoms with Crippen molar-refractivity contribution in [3.8, 4) is 0 Å². The molecule has 0 bridgehead atoms. The molecule has 1 aliphatic rings. The van der Waals surface area contributed by atoms with Crippen LogP contribution < -0.4 is 5.32 Å². The Balaban J connectivity index is 1.88. The topological polar surface area (TPSA) is 75.6 Å². The van der Waals surface area contributed by atoms with Gasteiger partial charge in [0.05, 0.1) is 11.1 Å². The SMILES string of the molecule is O=C(O)c1cccc(NC2OC(=O)c3ccccc32)c1. The van der Waals surface area contributed by atoms with E-state index in [2.05, 4.69) is 5.32 Å². The van der Waals surface area contributed by atoms with Gasteiger partial charge in [0, 0.05) is 11.3 Å². The van der Waals surface area contributed by atoms with E-state index >= 15 is 0 Å². The lowest BCUT2D eigenvalue weighted by atomic mass is 10.1. The minimum Gasteiger partial charge on any atom is -0.478 e. The molecule has 0 saturated carbocycles. The van der Waals surface area contributed by atoms with Crippen molar-refractivity contribution in [1.29, 1.82) is 0 Å². The molecule has 1 aliphatic heterocycles. The molecule has 0 aromatic heterocycles. The minimum absolute atomic E-state index is 0.174. The summed E-state index contributed by atoms with van der Waals surface area (Å²) in [4.78, 5) is 22.6. The summed E-state index contributed by atoms with van der Waals surface area (Å²) in [6, 6.07) is 13.5. The average Bonchev–Trinajstić information content (AvgIpc) is 2.76. The largest absolute Gasteiger partial charge is 0.478 e. The third kappa shape index (κ3) is 2.09. The lowest BCUT2D eigenvalue weighted by Crippen LogP contribution is -2.10. The molecule has 0 spiro atoms. The van der Waals surface area contributed by atoms with Crippen molar-refractivity contribution >= 4 is 17.6 Å². The van der Waals surface area contributed by atoms with Crippen LogP contribution in [0.15, 0.2) is 48.5 Å². The number of hydrogen-bond donors (Lipinski definition) is 2. The summed E-state index contributed by atoms with van der Waals surface area (Å²) in [6.45, 7) is 0. The first-order valence-corrected chi connectivity index (χ1v) is 6.05. The second-order valence-corrected chi connectivity index (χ2v) is 4.40. The Labute approximate surface area is 114 Å². The lowest BCUT2D eigenvalue weighted by molar-refractivity contribution is 0.0436. The molecule has 2 aromatic carbocycles. The zero-order valence-electron chi connectivity index (χ0n) is 10.4. The average molecular weight is 269 g/mol. The maximum Gasteiger partial charge on any atom is 0.340 e. The van der Waals surface area contributed by atoms with E-state index in [-0.39, 0.29) is 11.5 Å². The number of esters is 1. The first-order valence-electron chi connectivity index (χ1n) is 6.05. The highest BCUT2D eigenvalue weighted by Crippen LogP contribution is 2.31. The van der Waals surface area contributed by atoms with Gasteiger partial charge in [-0.15, -0.1) is 0 Å².